The van der Waals surface area contributed by atoms with Gasteiger partial charge < -0.3 is 0 Å². The first-order valence-corrected chi connectivity index (χ1v) is 6.77. The first kappa shape index (κ1) is 13.5. The Kier molecular flexibility index (Phi) is 5.80. The summed E-state index contributed by atoms with van der Waals surface area (Å²) in [5.74, 6) is 6.38. The number of hydrazine groups is 1. The van der Waals surface area contributed by atoms with E-state index in [-0.39, 0.29) is 11.9 Å². The largest absolute Gasteiger partial charge is 0.271 e. The van der Waals surface area contributed by atoms with Gasteiger partial charge in [0, 0.05) is 6.04 Å². The molecule has 0 bridgehead atoms. The van der Waals surface area contributed by atoms with Crippen molar-refractivity contribution < 1.29 is 4.39 Å². The third-order valence-electron chi connectivity index (χ3n) is 2.68. The Morgan fingerprint density at radius 1 is 1.50 bits per heavy atom. The van der Waals surface area contributed by atoms with Crippen molar-refractivity contribution in [1.82, 2.24) is 5.43 Å². The predicted molar refractivity (Wildman–Crippen MR) is 69.0 cm³/mol. The minimum atomic E-state index is -0.179. The minimum Gasteiger partial charge on any atom is -0.271 e. The molecule has 4 heteroatoms. The molecule has 1 aromatic rings. The molecular formula is C12H19FN2S. The second-order valence-electron chi connectivity index (χ2n) is 3.92. The first-order chi connectivity index (χ1) is 7.67. The number of halogens is 1. The summed E-state index contributed by atoms with van der Waals surface area (Å²) >= 11 is 1.79. The lowest BCUT2D eigenvalue weighted by Gasteiger charge is -2.16. The number of aryl methyl sites for hydroxylation is 1. The lowest BCUT2D eigenvalue weighted by Crippen LogP contribution is -2.37. The van der Waals surface area contributed by atoms with Crippen LogP contribution in [0.2, 0.25) is 0 Å². The van der Waals surface area contributed by atoms with E-state index in [2.05, 4.69) is 11.7 Å². The standard InChI is InChI=1S/C12H19FN2S/c1-9-3-4-11(13)7-10(9)8-12(15-14)5-6-16-2/h3-4,7,12,15H,5-6,8,14H2,1-2H3. The number of thioether (sulfide) groups is 1. The molecule has 0 radical (unpaired) electrons. The van der Waals surface area contributed by atoms with E-state index in [0.29, 0.717) is 0 Å². The number of benzene rings is 1. The Balaban J connectivity index is 2.65. The molecule has 0 aliphatic carbocycles. The number of hydrogen-bond donors (Lipinski definition) is 2. The Bertz CT molecular complexity index is 331. The molecule has 0 spiro atoms. The highest BCUT2D eigenvalue weighted by Crippen LogP contribution is 2.14. The van der Waals surface area contributed by atoms with Crippen LogP contribution in [0.25, 0.3) is 0 Å². The van der Waals surface area contributed by atoms with E-state index in [1.807, 2.05) is 13.0 Å². The summed E-state index contributed by atoms with van der Waals surface area (Å²) in [6, 6.07) is 5.12. The Labute approximate surface area is 101 Å². The summed E-state index contributed by atoms with van der Waals surface area (Å²) in [4.78, 5) is 0. The fourth-order valence-electron chi connectivity index (χ4n) is 1.63. The zero-order valence-electron chi connectivity index (χ0n) is 9.79. The van der Waals surface area contributed by atoms with Gasteiger partial charge in [-0.1, -0.05) is 6.07 Å². The highest BCUT2D eigenvalue weighted by atomic mass is 32.2. The van der Waals surface area contributed by atoms with Gasteiger partial charge in [-0.3, -0.25) is 11.3 Å². The van der Waals surface area contributed by atoms with Crippen molar-refractivity contribution >= 4 is 11.8 Å². The Morgan fingerprint density at radius 3 is 2.88 bits per heavy atom. The van der Waals surface area contributed by atoms with Gasteiger partial charge in [0.2, 0.25) is 0 Å². The third-order valence-corrected chi connectivity index (χ3v) is 3.33. The molecule has 90 valence electrons. The highest BCUT2D eigenvalue weighted by molar-refractivity contribution is 7.98. The van der Waals surface area contributed by atoms with E-state index < -0.39 is 0 Å². The second kappa shape index (κ2) is 6.89. The molecular weight excluding hydrogens is 223 g/mol. The van der Waals surface area contributed by atoms with Crippen LogP contribution in [0.1, 0.15) is 17.5 Å². The number of nitrogens with two attached hydrogens (primary N) is 1. The molecule has 1 rings (SSSR count). The normalized spacial score (nSPS) is 12.8. The summed E-state index contributed by atoms with van der Waals surface area (Å²) in [6.07, 6.45) is 3.84. The van der Waals surface area contributed by atoms with Gasteiger partial charge >= 0.3 is 0 Å². The number of hydrogen-bond acceptors (Lipinski definition) is 3. The molecule has 16 heavy (non-hydrogen) atoms. The highest BCUT2D eigenvalue weighted by Gasteiger charge is 2.09. The van der Waals surface area contributed by atoms with E-state index in [9.17, 15) is 4.39 Å². The lowest BCUT2D eigenvalue weighted by molar-refractivity contribution is 0.511. The van der Waals surface area contributed by atoms with Crippen molar-refractivity contribution in [2.45, 2.75) is 25.8 Å². The summed E-state index contributed by atoms with van der Waals surface area (Å²) in [6.45, 7) is 2.00. The zero-order chi connectivity index (χ0) is 12.0. The molecule has 0 saturated carbocycles. The molecule has 1 aromatic carbocycles. The number of rotatable bonds is 6. The van der Waals surface area contributed by atoms with Gasteiger partial charge in [0.15, 0.2) is 0 Å². The van der Waals surface area contributed by atoms with Crippen molar-refractivity contribution in [3.8, 4) is 0 Å². The van der Waals surface area contributed by atoms with Gasteiger partial charge in [0.05, 0.1) is 0 Å². The van der Waals surface area contributed by atoms with Crippen LogP contribution in [0.4, 0.5) is 4.39 Å². The summed E-state index contributed by atoms with van der Waals surface area (Å²) in [7, 11) is 0. The molecule has 0 aliphatic heterocycles. The molecule has 1 unspecified atom stereocenters. The van der Waals surface area contributed by atoms with E-state index in [1.54, 1.807) is 17.8 Å². The van der Waals surface area contributed by atoms with Gasteiger partial charge in [0.1, 0.15) is 5.82 Å². The van der Waals surface area contributed by atoms with Gasteiger partial charge in [0.25, 0.3) is 0 Å². The summed E-state index contributed by atoms with van der Waals surface area (Å²) in [5, 5.41) is 0. The maximum Gasteiger partial charge on any atom is 0.123 e. The third kappa shape index (κ3) is 4.12. The smallest absolute Gasteiger partial charge is 0.123 e. The molecule has 0 aromatic heterocycles. The van der Waals surface area contributed by atoms with Crippen LogP contribution in [-0.4, -0.2) is 18.1 Å². The van der Waals surface area contributed by atoms with E-state index >= 15 is 0 Å². The molecule has 0 heterocycles. The van der Waals surface area contributed by atoms with Crippen LogP contribution in [0, 0.1) is 12.7 Å². The fourth-order valence-corrected chi connectivity index (χ4v) is 2.15. The van der Waals surface area contributed by atoms with Crippen LogP contribution in [0.3, 0.4) is 0 Å². The average molecular weight is 242 g/mol. The van der Waals surface area contributed by atoms with Crippen molar-refractivity contribution in [3.05, 3.63) is 35.1 Å². The van der Waals surface area contributed by atoms with Crippen molar-refractivity contribution in [2.24, 2.45) is 5.84 Å². The Hall–Kier alpha value is -0.580. The van der Waals surface area contributed by atoms with E-state index in [1.165, 1.54) is 6.07 Å². The van der Waals surface area contributed by atoms with Crippen molar-refractivity contribution in [1.29, 1.82) is 0 Å². The summed E-state index contributed by atoms with van der Waals surface area (Å²) in [5.41, 5.74) is 4.94. The van der Waals surface area contributed by atoms with Crippen LogP contribution in [-0.2, 0) is 6.42 Å². The van der Waals surface area contributed by atoms with Gasteiger partial charge in [-0.25, -0.2) is 4.39 Å². The minimum absolute atomic E-state index is 0.179. The van der Waals surface area contributed by atoms with Gasteiger partial charge in [-0.05, 0) is 55.0 Å². The molecule has 2 nitrogen and oxygen atoms in total. The maximum atomic E-state index is 13.1. The second-order valence-corrected chi connectivity index (χ2v) is 4.91. The SMILES string of the molecule is CSCCC(Cc1cc(F)ccc1C)NN. The molecule has 1 atom stereocenters. The number of nitrogens with one attached hydrogen (secondary N) is 1. The van der Waals surface area contributed by atoms with Crippen LogP contribution in [0.15, 0.2) is 18.2 Å². The van der Waals surface area contributed by atoms with E-state index in [0.717, 1.165) is 29.7 Å². The summed E-state index contributed by atoms with van der Waals surface area (Å²) < 4.78 is 13.1. The molecule has 0 saturated heterocycles. The van der Waals surface area contributed by atoms with Crippen LogP contribution < -0.4 is 11.3 Å². The van der Waals surface area contributed by atoms with Gasteiger partial charge in [-0.15, -0.1) is 0 Å². The zero-order valence-corrected chi connectivity index (χ0v) is 10.6. The van der Waals surface area contributed by atoms with Crippen LogP contribution in [0.5, 0.6) is 0 Å². The first-order valence-electron chi connectivity index (χ1n) is 5.37. The molecule has 0 amide bonds. The topological polar surface area (TPSA) is 38.0 Å². The monoisotopic (exact) mass is 242 g/mol. The molecule has 3 N–H and O–H groups in total. The Morgan fingerprint density at radius 2 is 2.25 bits per heavy atom. The van der Waals surface area contributed by atoms with E-state index in [4.69, 9.17) is 5.84 Å². The molecule has 0 fully saturated rings. The van der Waals surface area contributed by atoms with Crippen molar-refractivity contribution in [3.63, 3.8) is 0 Å². The quantitative estimate of drug-likeness (QED) is 0.593. The van der Waals surface area contributed by atoms with Crippen LogP contribution >= 0.6 is 11.8 Å². The average Bonchev–Trinajstić information content (AvgIpc) is 2.28. The lowest BCUT2D eigenvalue weighted by atomic mass is 10.00. The van der Waals surface area contributed by atoms with Gasteiger partial charge in [-0.2, -0.15) is 11.8 Å². The fraction of sp³-hybridized carbons (Fsp3) is 0.500. The maximum absolute atomic E-state index is 13.1. The van der Waals surface area contributed by atoms with Crippen molar-refractivity contribution in [2.75, 3.05) is 12.0 Å². The predicted octanol–water partition coefficient (Wildman–Crippen LogP) is 2.26. The molecule has 0 aliphatic rings.